The number of furan rings is 1. The molecule has 0 bridgehead atoms. The molecule has 0 atom stereocenters. The lowest BCUT2D eigenvalue weighted by atomic mass is 10.1. The highest BCUT2D eigenvalue weighted by Crippen LogP contribution is 2.33. The van der Waals surface area contributed by atoms with Gasteiger partial charge in [-0.25, -0.2) is 0 Å². The van der Waals surface area contributed by atoms with E-state index in [9.17, 15) is 4.79 Å². The molecule has 0 aliphatic carbocycles. The second-order valence-corrected chi connectivity index (χ2v) is 5.59. The molecule has 22 heavy (non-hydrogen) atoms. The van der Waals surface area contributed by atoms with Crippen LogP contribution in [0.15, 0.2) is 62.2 Å². The van der Waals surface area contributed by atoms with Crippen LogP contribution >= 0.6 is 11.6 Å². The quantitative estimate of drug-likeness (QED) is 0.487. The highest BCUT2D eigenvalue weighted by atomic mass is 35.5. The molecule has 0 saturated carbocycles. The molecule has 2 aromatic heterocycles. The van der Waals surface area contributed by atoms with E-state index in [2.05, 4.69) is 0 Å². The van der Waals surface area contributed by atoms with Crippen LogP contribution in [0.25, 0.3) is 33.5 Å². The van der Waals surface area contributed by atoms with Gasteiger partial charge >= 0.3 is 0 Å². The summed E-state index contributed by atoms with van der Waals surface area (Å²) in [5, 5.41) is 0.916. The molecular weight excluding hydrogens is 300 g/mol. The number of hydrogen-bond acceptors (Lipinski definition) is 3. The van der Waals surface area contributed by atoms with Gasteiger partial charge in [0.1, 0.15) is 11.3 Å². The van der Waals surface area contributed by atoms with Crippen LogP contribution in [-0.2, 0) is 0 Å². The Labute approximate surface area is 130 Å². The van der Waals surface area contributed by atoms with Crippen LogP contribution in [0.4, 0.5) is 0 Å². The smallest absolute Gasteiger partial charge is 0.235 e. The molecule has 0 unspecified atom stereocenters. The average Bonchev–Trinajstić information content (AvgIpc) is 2.87. The minimum atomic E-state index is -0.205. The van der Waals surface area contributed by atoms with E-state index in [1.165, 1.54) is 0 Å². The second-order valence-electron chi connectivity index (χ2n) is 5.15. The minimum absolute atomic E-state index is 0.205. The van der Waals surface area contributed by atoms with E-state index in [1.807, 2.05) is 37.3 Å². The van der Waals surface area contributed by atoms with Crippen LogP contribution in [-0.4, -0.2) is 0 Å². The lowest BCUT2D eigenvalue weighted by molar-refractivity contribution is 0.611. The summed E-state index contributed by atoms with van der Waals surface area (Å²) in [5.41, 5.74) is 2.74. The van der Waals surface area contributed by atoms with E-state index in [0.29, 0.717) is 27.3 Å². The van der Waals surface area contributed by atoms with Gasteiger partial charge in [0.05, 0.1) is 5.39 Å². The summed E-state index contributed by atoms with van der Waals surface area (Å²) in [6, 6.07) is 14.7. The molecule has 0 aliphatic heterocycles. The predicted octanol–water partition coefficient (Wildman–Crippen LogP) is 5.17. The van der Waals surface area contributed by atoms with Gasteiger partial charge in [-0.2, -0.15) is 0 Å². The number of hydrogen-bond donors (Lipinski definition) is 0. The summed E-state index contributed by atoms with van der Waals surface area (Å²) in [6.07, 6.45) is 0. The van der Waals surface area contributed by atoms with Crippen molar-refractivity contribution in [2.45, 2.75) is 6.92 Å². The third-order valence-corrected chi connectivity index (χ3v) is 3.97. The van der Waals surface area contributed by atoms with E-state index < -0.39 is 0 Å². The topological polar surface area (TPSA) is 43.4 Å². The number of rotatable bonds is 1. The lowest BCUT2D eigenvalue weighted by Gasteiger charge is -1.98. The van der Waals surface area contributed by atoms with Crippen LogP contribution in [0.3, 0.4) is 0 Å². The largest absolute Gasteiger partial charge is 0.452 e. The monoisotopic (exact) mass is 310 g/mol. The minimum Gasteiger partial charge on any atom is -0.452 e. The predicted molar refractivity (Wildman–Crippen MR) is 87.4 cm³/mol. The van der Waals surface area contributed by atoms with Gasteiger partial charge < -0.3 is 8.83 Å². The van der Waals surface area contributed by atoms with Crippen molar-refractivity contribution in [3.63, 3.8) is 0 Å². The summed E-state index contributed by atoms with van der Waals surface area (Å²) in [7, 11) is 0. The zero-order valence-electron chi connectivity index (χ0n) is 11.7. The Morgan fingerprint density at radius 3 is 2.50 bits per heavy atom. The van der Waals surface area contributed by atoms with Gasteiger partial charge in [0.2, 0.25) is 11.0 Å². The molecule has 0 aliphatic rings. The molecular formula is C18H11ClO3. The normalized spacial score (nSPS) is 11.4. The molecule has 4 rings (SSSR count). The molecule has 0 N–H and O–H groups in total. The Morgan fingerprint density at radius 2 is 1.73 bits per heavy atom. The van der Waals surface area contributed by atoms with E-state index in [0.717, 1.165) is 11.1 Å². The first-order valence-electron chi connectivity index (χ1n) is 6.86. The molecule has 4 heteroatoms. The Kier molecular flexibility index (Phi) is 2.84. The number of aryl methyl sites for hydroxylation is 1. The molecule has 0 fully saturated rings. The van der Waals surface area contributed by atoms with Crippen molar-refractivity contribution in [3.8, 4) is 11.3 Å². The molecule has 0 saturated heterocycles. The zero-order valence-corrected chi connectivity index (χ0v) is 12.5. The van der Waals surface area contributed by atoms with Crippen molar-refractivity contribution in [3.05, 3.63) is 69.3 Å². The molecule has 0 spiro atoms. The van der Waals surface area contributed by atoms with Gasteiger partial charge in [-0.05, 0) is 25.1 Å². The summed E-state index contributed by atoms with van der Waals surface area (Å²) in [6.45, 7) is 1.89. The first-order chi connectivity index (χ1) is 10.6. The Bertz CT molecular complexity index is 1060. The van der Waals surface area contributed by atoms with Gasteiger partial charge in [0.25, 0.3) is 0 Å². The Morgan fingerprint density at radius 1 is 0.955 bits per heavy atom. The van der Waals surface area contributed by atoms with Crippen LogP contribution in [0.2, 0.25) is 5.02 Å². The van der Waals surface area contributed by atoms with Crippen molar-refractivity contribution in [2.24, 2.45) is 0 Å². The first kappa shape index (κ1) is 13.2. The number of halogens is 1. The summed E-state index contributed by atoms with van der Waals surface area (Å²) in [5.74, 6) is 0.651. The van der Waals surface area contributed by atoms with Crippen molar-refractivity contribution >= 4 is 33.7 Å². The molecule has 2 heterocycles. The van der Waals surface area contributed by atoms with E-state index in [4.69, 9.17) is 20.4 Å². The van der Waals surface area contributed by atoms with Crippen molar-refractivity contribution in [1.29, 1.82) is 0 Å². The summed E-state index contributed by atoms with van der Waals surface area (Å²) < 4.78 is 11.7. The summed E-state index contributed by atoms with van der Waals surface area (Å²) in [4.78, 5) is 12.6. The van der Waals surface area contributed by atoms with E-state index >= 15 is 0 Å². The maximum absolute atomic E-state index is 12.6. The third kappa shape index (κ3) is 1.86. The maximum atomic E-state index is 12.6. The molecule has 2 aromatic carbocycles. The average molecular weight is 311 g/mol. The number of benzene rings is 2. The van der Waals surface area contributed by atoms with Crippen molar-refractivity contribution in [2.75, 3.05) is 0 Å². The van der Waals surface area contributed by atoms with E-state index in [-0.39, 0.29) is 11.0 Å². The SMILES string of the molecule is Cc1c(-c2ccccc2)oc2c(=O)c3cc(Cl)ccc3oc12. The molecule has 108 valence electrons. The van der Waals surface area contributed by atoms with E-state index in [1.54, 1.807) is 18.2 Å². The van der Waals surface area contributed by atoms with Crippen molar-refractivity contribution in [1.82, 2.24) is 0 Å². The highest BCUT2D eigenvalue weighted by Gasteiger charge is 2.19. The Hall–Kier alpha value is -2.52. The van der Waals surface area contributed by atoms with Crippen molar-refractivity contribution < 1.29 is 8.83 Å². The van der Waals surface area contributed by atoms with Gasteiger partial charge in [0.15, 0.2) is 5.58 Å². The van der Waals surface area contributed by atoms with Crippen LogP contribution in [0, 0.1) is 6.92 Å². The van der Waals surface area contributed by atoms with Gasteiger partial charge in [0, 0.05) is 16.1 Å². The summed E-state index contributed by atoms with van der Waals surface area (Å²) >= 11 is 5.96. The third-order valence-electron chi connectivity index (χ3n) is 3.73. The first-order valence-corrected chi connectivity index (χ1v) is 7.24. The fourth-order valence-electron chi connectivity index (χ4n) is 2.64. The Balaban J connectivity index is 2.12. The lowest BCUT2D eigenvalue weighted by Crippen LogP contribution is -2.00. The van der Waals surface area contributed by atoms with Crippen LogP contribution in [0.5, 0.6) is 0 Å². The fourth-order valence-corrected chi connectivity index (χ4v) is 2.81. The number of fused-ring (bicyclic) bond motifs is 2. The standard InChI is InChI=1S/C18H11ClO3/c1-10-16(11-5-3-2-4-6-11)22-18-15(20)13-9-12(19)7-8-14(13)21-17(10)18/h2-9H,1H3. The zero-order chi connectivity index (χ0) is 15.3. The second kappa shape index (κ2) is 4.75. The molecule has 0 amide bonds. The maximum Gasteiger partial charge on any atom is 0.235 e. The highest BCUT2D eigenvalue weighted by molar-refractivity contribution is 6.31. The molecule has 0 radical (unpaired) electrons. The van der Waals surface area contributed by atoms with Gasteiger partial charge in [-0.1, -0.05) is 41.9 Å². The molecule has 4 aromatic rings. The van der Waals surface area contributed by atoms with Gasteiger partial charge in [-0.15, -0.1) is 0 Å². The van der Waals surface area contributed by atoms with Gasteiger partial charge in [-0.3, -0.25) is 4.79 Å². The van der Waals surface area contributed by atoms with Crippen LogP contribution in [0.1, 0.15) is 5.56 Å². The van der Waals surface area contributed by atoms with Crippen LogP contribution < -0.4 is 5.43 Å². The fraction of sp³-hybridized carbons (Fsp3) is 0.0556. The molecule has 3 nitrogen and oxygen atoms in total.